The van der Waals surface area contributed by atoms with Crippen LogP contribution in [0.5, 0.6) is 0 Å². The van der Waals surface area contributed by atoms with Crippen LogP contribution < -0.4 is 21.7 Å². The molecule has 2 fully saturated rings. The van der Waals surface area contributed by atoms with Gasteiger partial charge in [0.15, 0.2) is 5.96 Å². The van der Waals surface area contributed by atoms with Gasteiger partial charge in [-0.15, -0.1) is 0 Å². The number of benzene rings is 1. The number of urea groups is 1. The molecular weight excluding hydrogens is 448 g/mol. The van der Waals surface area contributed by atoms with E-state index in [1.165, 1.54) is 4.90 Å². The zero-order valence-corrected chi connectivity index (χ0v) is 19.7. The third kappa shape index (κ3) is 4.92. The Kier molecular flexibility index (Phi) is 6.91. The molecule has 10 nitrogen and oxygen atoms in total. The van der Waals surface area contributed by atoms with Crippen molar-refractivity contribution in [2.75, 3.05) is 13.1 Å². The van der Waals surface area contributed by atoms with Crippen LogP contribution in [-0.4, -0.2) is 59.5 Å². The summed E-state index contributed by atoms with van der Waals surface area (Å²) in [5.74, 6) is 3.46. The van der Waals surface area contributed by atoms with Crippen molar-refractivity contribution in [2.45, 2.75) is 38.1 Å². The molecule has 0 spiro atoms. The number of carbonyl (C=O) groups excluding carboxylic acids is 3. The van der Waals surface area contributed by atoms with Crippen molar-refractivity contribution < 1.29 is 19.1 Å². The van der Waals surface area contributed by atoms with E-state index in [2.05, 4.69) is 27.8 Å². The lowest BCUT2D eigenvalue weighted by atomic mass is 9.71. The third-order valence-corrected chi connectivity index (χ3v) is 6.54. The van der Waals surface area contributed by atoms with Crippen LogP contribution in [-0.2, 0) is 20.9 Å². The summed E-state index contributed by atoms with van der Waals surface area (Å²) < 4.78 is 6.10. The number of hydrogen-bond acceptors (Lipinski definition) is 6. The quantitative estimate of drug-likeness (QED) is 0.125. The van der Waals surface area contributed by atoms with E-state index in [-0.39, 0.29) is 36.8 Å². The number of nitrogens with zero attached hydrogens (tertiary/aromatic N) is 1. The number of carbonyl (C=O) groups is 3. The molecule has 0 saturated carbocycles. The lowest BCUT2D eigenvalue weighted by Crippen LogP contribution is -2.55. The van der Waals surface area contributed by atoms with Gasteiger partial charge in [0, 0.05) is 19.6 Å². The molecule has 2 aliphatic heterocycles. The summed E-state index contributed by atoms with van der Waals surface area (Å²) in [6.45, 7) is 4.13. The maximum atomic E-state index is 13.2. The summed E-state index contributed by atoms with van der Waals surface area (Å²) in [4.78, 5) is 39.6. The molecule has 2 saturated heterocycles. The minimum Gasteiger partial charge on any atom is -0.368 e. The van der Waals surface area contributed by atoms with Crippen LogP contribution in [0.1, 0.15) is 19.4 Å². The Hall–Kier alpha value is -3.68. The van der Waals surface area contributed by atoms with Gasteiger partial charge in [0.2, 0.25) is 11.8 Å². The lowest BCUT2D eigenvalue weighted by molar-refractivity contribution is -0.143. The molecule has 4 amide bonds. The molecule has 1 aromatic rings. The number of rotatable bonds is 7. The number of ether oxygens (including phenoxy) is 1. The van der Waals surface area contributed by atoms with Gasteiger partial charge in [0.25, 0.3) is 0 Å². The van der Waals surface area contributed by atoms with Gasteiger partial charge in [-0.1, -0.05) is 54.3 Å². The van der Waals surface area contributed by atoms with Gasteiger partial charge in [-0.05, 0) is 19.4 Å². The van der Waals surface area contributed by atoms with E-state index in [1.54, 1.807) is 19.1 Å². The summed E-state index contributed by atoms with van der Waals surface area (Å²) >= 11 is 0. The number of nitrogens with one attached hydrogen (secondary N) is 4. The molecule has 0 aromatic heterocycles. The van der Waals surface area contributed by atoms with E-state index in [9.17, 15) is 14.4 Å². The minimum atomic E-state index is -0.764. The van der Waals surface area contributed by atoms with Gasteiger partial charge < -0.3 is 21.1 Å². The first-order valence-corrected chi connectivity index (χ1v) is 11.6. The summed E-state index contributed by atoms with van der Waals surface area (Å²) in [6.07, 6.45) is 2.52. The average Bonchev–Trinajstić information content (AvgIpc) is 3.29. The predicted molar refractivity (Wildman–Crippen MR) is 129 cm³/mol. The van der Waals surface area contributed by atoms with Gasteiger partial charge in [-0.2, -0.15) is 0 Å². The van der Waals surface area contributed by atoms with Crippen molar-refractivity contribution in [1.82, 2.24) is 20.9 Å². The van der Waals surface area contributed by atoms with Crippen molar-refractivity contribution >= 4 is 23.8 Å². The maximum Gasteiger partial charge on any atom is 0.321 e. The van der Waals surface area contributed by atoms with E-state index in [0.29, 0.717) is 6.54 Å². The number of amides is 4. The van der Waals surface area contributed by atoms with Crippen molar-refractivity contribution in [2.24, 2.45) is 23.5 Å². The first-order valence-electron chi connectivity index (χ1n) is 11.6. The first-order chi connectivity index (χ1) is 16.7. The van der Waals surface area contributed by atoms with Crippen molar-refractivity contribution in [3.63, 3.8) is 0 Å². The fraction of sp³-hybridized carbons (Fsp3) is 0.440. The van der Waals surface area contributed by atoms with Crippen LogP contribution in [0.15, 0.2) is 42.5 Å². The fourth-order valence-electron chi connectivity index (χ4n) is 4.76. The smallest absolute Gasteiger partial charge is 0.321 e. The second-order valence-electron chi connectivity index (χ2n) is 9.10. The highest BCUT2D eigenvalue weighted by molar-refractivity contribution is 6.06. The zero-order chi connectivity index (χ0) is 25.2. The average molecular weight is 479 g/mol. The highest BCUT2D eigenvalue weighted by atomic mass is 16.5. The number of likely N-dealkylation sites (tertiary alicyclic amines) is 1. The maximum absolute atomic E-state index is 13.2. The Morgan fingerprint density at radius 1 is 1.23 bits per heavy atom. The molecule has 2 heterocycles. The van der Waals surface area contributed by atoms with Crippen molar-refractivity contribution in [3.05, 3.63) is 48.0 Å². The molecule has 6 unspecified atom stereocenters. The summed E-state index contributed by atoms with van der Waals surface area (Å²) in [7, 11) is 0. The van der Waals surface area contributed by atoms with E-state index in [1.807, 2.05) is 37.3 Å². The normalized spacial score (nSPS) is 30.9. The second-order valence-corrected chi connectivity index (χ2v) is 9.10. The van der Waals surface area contributed by atoms with E-state index in [0.717, 1.165) is 5.56 Å². The van der Waals surface area contributed by atoms with Gasteiger partial charge >= 0.3 is 6.03 Å². The van der Waals surface area contributed by atoms with E-state index in [4.69, 9.17) is 15.9 Å². The topological polar surface area (TPSA) is 150 Å². The van der Waals surface area contributed by atoms with Gasteiger partial charge in [-0.3, -0.25) is 25.2 Å². The molecular formula is C25H30N6O4. The van der Waals surface area contributed by atoms with Gasteiger partial charge in [0.05, 0.1) is 35.5 Å². The molecule has 1 aliphatic carbocycles. The summed E-state index contributed by atoms with van der Waals surface area (Å²) in [5.41, 5.74) is 6.38. The summed E-state index contributed by atoms with van der Waals surface area (Å²) in [6, 6.07) is 8.86. The number of hydrogen-bond donors (Lipinski definition) is 5. The Bertz CT molecular complexity index is 1110. The minimum absolute atomic E-state index is 0.0614. The zero-order valence-electron chi connectivity index (χ0n) is 19.7. The first kappa shape index (κ1) is 24.4. The Morgan fingerprint density at radius 3 is 2.57 bits per heavy atom. The SMILES string of the molecule is C/C=C/C1OC(C2C#CC2(C)N)C2C(=O)N(CCNC(=N)NC(=O)NCc3ccccc3)C(=O)C12. The highest BCUT2D eigenvalue weighted by Crippen LogP contribution is 2.46. The van der Waals surface area contributed by atoms with E-state index < -0.39 is 35.6 Å². The lowest BCUT2D eigenvalue weighted by Gasteiger charge is -2.37. The van der Waals surface area contributed by atoms with Crippen LogP contribution >= 0.6 is 0 Å². The number of fused-ring (bicyclic) bond motifs is 1. The molecule has 1 aromatic carbocycles. The van der Waals surface area contributed by atoms with Crippen LogP contribution in [0.25, 0.3) is 0 Å². The standard InChI is InChI=1S/C25H30N6O4/c1-3-7-17-18-19(20(35-17)16-10-11-25(16,2)27)22(33)31(21(18)32)13-12-28-23(26)30-24(34)29-14-15-8-5-4-6-9-15/h3-9,16-20H,12-14,27H2,1-2H3,(H4,26,28,29,30,34)/b7-3+. The number of allylic oxidation sites excluding steroid dienone is 1. The molecule has 184 valence electrons. The molecule has 3 aliphatic rings. The van der Waals surface area contributed by atoms with Gasteiger partial charge in [-0.25, -0.2) is 4.79 Å². The second kappa shape index (κ2) is 9.90. The number of imide groups is 1. The van der Waals surface area contributed by atoms with Crippen molar-refractivity contribution in [1.29, 1.82) is 5.41 Å². The number of nitrogens with two attached hydrogens (primary N) is 1. The van der Waals surface area contributed by atoms with Crippen LogP contribution in [0.4, 0.5) is 4.79 Å². The molecule has 10 heteroatoms. The molecule has 35 heavy (non-hydrogen) atoms. The summed E-state index contributed by atoms with van der Waals surface area (Å²) in [5, 5.41) is 15.7. The van der Waals surface area contributed by atoms with Gasteiger partial charge in [0.1, 0.15) is 0 Å². The number of guanidine groups is 1. The molecule has 4 rings (SSSR count). The van der Waals surface area contributed by atoms with Crippen LogP contribution in [0.3, 0.4) is 0 Å². The van der Waals surface area contributed by atoms with Crippen LogP contribution in [0, 0.1) is 35.0 Å². The fourth-order valence-corrected chi connectivity index (χ4v) is 4.76. The predicted octanol–water partition coefficient (Wildman–Crippen LogP) is 0.305. The molecule has 6 N–H and O–H groups in total. The molecule has 6 atom stereocenters. The molecule has 0 radical (unpaired) electrons. The van der Waals surface area contributed by atoms with E-state index >= 15 is 0 Å². The molecule has 0 bridgehead atoms. The Morgan fingerprint density at radius 2 is 1.94 bits per heavy atom. The van der Waals surface area contributed by atoms with Crippen LogP contribution in [0.2, 0.25) is 0 Å². The van der Waals surface area contributed by atoms with Crippen molar-refractivity contribution in [3.8, 4) is 11.8 Å². The Labute approximate surface area is 204 Å². The third-order valence-electron chi connectivity index (χ3n) is 6.54. The monoisotopic (exact) mass is 478 g/mol. The largest absolute Gasteiger partial charge is 0.368 e. The Balaban J connectivity index is 1.30. The highest BCUT2D eigenvalue weighted by Gasteiger charge is 2.62.